The van der Waals surface area contributed by atoms with E-state index in [9.17, 15) is 19.8 Å². The Morgan fingerprint density at radius 1 is 1.43 bits per heavy atom. The molecule has 1 saturated carbocycles. The van der Waals surface area contributed by atoms with Crippen molar-refractivity contribution in [2.75, 3.05) is 25.5 Å². The maximum atomic E-state index is 13.0. The summed E-state index contributed by atoms with van der Waals surface area (Å²) in [4.78, 5) is 32.0. The summed E-state index contributed by atoms with van der Waals surface area (Å²) in [7, 11) is 1.76. The van der Waals surface area contributed by atoms with Crippen LogP contribution in [0.25, 0.3) is 0 Å². The molecule has 3 rings (SSSR count). The van der Waals surface area contributed by atoms with Gasteiger partial charge in [-0.1, -0.05) is 19.9 Å². The largest absolute Gasteiger partial charge is 0.396 e. The van der Waals surface area contributed by atoms with Crippen LogP contribution in [-0.4, -0.2) is 58.2 Å². The second kappa shape index (κ2) is 8.40. The summed E-state index contributed by atoms with van der Waals surface area (Å²) in [6.07, 6.45) is 3.41. The van der Waals surface area contributed by atoms with Gasteiger partial charge in [0.1, 0.15) is 0 Å². The molecule has 7 nitrogen and oxygen atoms in total. The van der Waals surface area contributed by atoms with E-state index < -0.39 is 11.5 Å². The molecule has 8 heteroatoms. The molecule has 0 bridgehead atoms. The second-order valence-electron chi connectivity index (χ2n) is 9.31. The zero-order chi connectivity index (χ0) is 22.3. The summed E-state index contributed by atoms with van der Waals surface area (Å²) in [5.74, 6) is -0.320. The summed E-state index contributed by atoms with van der Waals surface area (Å²) in [5, 5.41) is 24.3. The first-order valence-electron chi connectivity index (χ1n) is 10.5. The number of carbonyl (C=O) groups is 2. The Morgan fingerprint density at radius 2 is 2.13 bits per heavy atom. The second-order valence-corrected chi connectivity index (χ2v) is 10.4. The summed E-state index contributed by atoms with van der Waals surface area (Å²) >= 11 is 1.43. The molecule has 0 aromatic carbocycles. The van der Waals surface area contributed by atoms with E-state index in [-0.39, 0.29) is 35.7 Å². The van der Waals surface area contributed by atoms with Gasteiger partial charge >= 0.3 is 0 Å². The number of rotatable bonds is 6. The number of carbonyl (C=O) groups excluding carboxylic acids is 2. The molecule has 1 aromatic heterocycles. The van der Waals surface area contributed by atoms with Crippen LogP contribution in [0.5, 0.6) is 0 Å². The lowest BCUT2D eigenvalue weighted by atomic mass is 9.47. The van der Waals surface area contributed by atoms with E-state index in [1.165, 1.54) is 18.3 Å². The quantitative estimate of drug-likeness (QED) is 0.596. The highest BCUT2D eigenvalue weighted by Crippen LogP contribution is 2.62. The van der Waals surface area contributed by atoms with Gasteiger partial charge in [-0.25, -0.2) is 4.98 Å². The van der Waals surface area contributed by atoms with Crippen LogP contribution < -0.4 is 5.32 Å². The normalized spacial score (nSPS) is 32.7. The van der Waals surface area contributed by atoms with Crippen molar-refractivity contribution in [2.45, 2.75) is 58.5 Å². The third kappa shape index (κ3) is 3.81. The van der Waals surface area contributed by atoms with E-state index in [2.05, 4.69) is 18.8 Å². The minimum Gasteiger partial charge on any atom is -0.396 e. The van der Waals surface area contributed by atoms with Gasteiger partial charge in [-0.3, -0.25) is 9.59 Å². The standard InChI is InChI=1S/C22H33N3O4S/c1-6-9-25(5)18(29)10-14-19-15(30-20(24-19)23-13(2)27)11-16-21(14,3)8-7-17(28)22(16,4)12-26/h6,14,16-17,26,28H,1,7-12H2,2-5H3,(H,23,24,27)/t14-,16+,17-,21+,22+/m1/s1. The Kier molecular flexibility index (Phi) is 6.41. The number of likely N-dealkylation sites (N-methyl/N-ethyl adjacent to an activating group) is 1. The number of hydrogen-bond donors (Lipinski definition) is 3. The molecule has 5 atom stereocenters. The minimum absolute atomic E-state index is 0.000566. The Bertz CT molecular complexity index is 840. The average Bonchev–Trinajstić information content (AvgIpc) is 3.08. The first-order chi connectivity index (χ1) is 14.1. The fourth-order valence-electron chi connectivity index (χ4n) is 5.48. The summed E-state index contributed by atoms with van der Waals surface area (Å²) in [5.41, 5.74) is -0.0767. The zero-order valence-corrected chi connectivity index (χ0v) is 19.1. The van der Waals surface area contributed by atoms with Crippen molar-refractivity contribution in [3.05, 3.63) is 23.2 Å². The Hall–Kier alpha value is -1.77. The van der Waals surface area contributed by atoms with Crippen molar-refractivity contribution >= 4 is 28.3 Å². The van der Waals surface area contributed by atoms with Crippen LogP contribution in [-0.2, 0) is 16.0 Å². The number of anilines is 1. The van der Waals surface area contributed by atoms with Crippen molar-refractivity contribution < 1.29 is 19.8 Å². The molecule has 166 valence electrons. The van der Waals surface area contributed by atoms with Crippen LogP contribution in [0.3, 0.4) is 0 Å². The van der Waals surface area contributed by atoms with Crippen LogP contribution >= 0.6 is 11.3 Å². The van der Waals surface area contributed by atoms with Gasteiger partial charge in [-0.15, -0.1) is 17.9 Å². The van der Waals surface area contributed by atoms with E-state index >= 15 is 0 Å². The predicted octanol–water partition coefficient (Wildman–Crippen LogP) is 2.55. The summed E-state index contributed by atoms with van der Waals surface area (Å²) in [6.45, 7) is 9.64. The number of aliphatic hydroxyl groups excluding tert-OH is 2. The third-order valence-corrected chi connectivity index (χ3v) is 8.39. The first kappa shape index (κ1) is 22.9. The number of aromatic nitrogens is 1. The van der Waals surface area contributed by atoms with Crippen LogP contribution in [0, 0.1) is 16.7 Å². The maximum Gasteiger partial charge on any atom is 0.223 e. The molecule has 2 aliphatic carbocycles. The fraction of sp³-hybridized carbons (Fsp3) is 0.682. The molecule has 0 radical (unpaired) electrons. The fourth-order valence-corrected chi connectivity index (χ4v) is 6.59. The van der Waals surface area contributed by atoms with Crippen molar-refractivity contribution in [3.63, 3.8) is 0 Å². The molecule has 1 aromatic rings. The van der Waals surface area contributed by atoms with E-state index in [0.717, 1.165) is 17.0 Å². The van der Waals surface area contributed by atoms with Gasteiger partial charge in [-0.05, 0) is 30.6 Å². The van der Waals surface area contributed by atoms with Gasteiger partial charge in [0.2, 0.25) is 11.8 Å². The topological polar surface area (TPSA) is 103 Å². The van der Waals surface area contributed by atoms with E-state index in [1.807, 2.05) is 6.92 Å². The molecular formula is C22H33N3O4S. The van der Waals surface area contributed by atoms with Crippen molar-refractivity contribution in [1.82, 2.24) is 9.88 Å². The minimum atomic E-state index is -0.656. The molecule has 1 heterocycles. The number of nitrogens with one attached hydrogen (secondary N) is 1. The highest BCUT2D eigenvalue weighted by molar-refractivity contribution is 7.15. The number of thiazole rings is 1. The maximum absolute atomic E-state index is 13.0. The lowest BCUT2D eigenvalue weighted by Gasteiger charge is -2.58. The monoisotopic (exact) mass is 435 g/mol. The smallest absolute Gasteiger partial charge is 0.223 e. The molecule has 0 saturated heterocycles. The molecule has 0 aliphatic heterocycles. The van der Waals surface area contributed by atoms with Gasteiger partial charge in [-0.2, -0.15) is 0 Å². The van der Waals surface area contributed by atoms with Gasteiger partial charge in [0.05, 0.1) is 18.4 Å². The Balaban J connectivity index is 2.07. The van der Waals surface area contributed by atoms with E-state index in [4.69, 9.17) is 4.98 Å². The molecule has 30 heavy (non-hydrogen) atoms. The molecule has 2 amide bonds. The number of amides is 2. The highest BCUT2D eigenvalue weighted by Gasteiger charge is 2.59. The molecule has 1 fully saturated rings. The van der Waals surface area contributed by atoms with Crippen LogP contribution in [0.1, 0.15) is 56.5 Å². The van der Waals surface area contributed by atoms with Gasteiger partial charge in [0.15, 0.2) is 5.13 Å². The average molecular weight is 436 g/mol. The lowest BCUT2D eigenvalue weighted by Crippen LogP contribution is -2.57. The van der Waals surface area contributed by atoms with Gasteiger partial charge in [0.25, 0.3) is 0 Å². The van der Waals surface area contributed by atoms with Crippen molar-refractivity contribution in [3.8, 4) is 0 Å². The number of aliphatic hydroxyl groups is 2. The summed E-state index contributed by atoms with van der Waals surface area (Å²) < 4.78 is 0. The molecule has 3 N–H and O–H groups in total. The number of fused-ring (bicyclic) bond motifs is 2. The number of nitrogens with zero attached hydrogens (tertiary/aromatic N) is 2. The first-order valence-corrected chi connectivity index (χ1v) is 11.3. The summed E-state index contributed by atoms with van der Waals surface area (Å²) in [6, 6.07) is 0. The van der Waals surface area contributed by atoms with Crippen LogP contribution in [0.4, 0.5) is 5.13 Å². The zero-order valence-electron chi connectivity index (χ0n) is 18.3. The van der Waals surface area contributed by atoms with Gasteiger partial charge < -0.3 is 20.4 Å². The highest BCUT2D eigenvalue weighted by atomic mass is 32.1. The molecular weight excluding hydrogens is 402 g/mol. The SMILES string of the molecule is C=CCN(C)C(=O)C[C@@H]1c2nc(NC(C)=O)sc2C[C@@H]2[C@](C)(CO)[C@H](O)CC[C@]21C. The predicted molar refractivity (Wildman–Crippen MR) is 117 cm³/mol. The Morgan fingerprint density at radius 3 is 2.73 bits per heavy atom. The lowest BCUT2D eigenvalue weighted by molar-refractivity contribution is -0.146. The molecule has 0 spiro atoms. The van der Waals surface area contributed by atoms with E-state index in [0.29, 0.717) is 30.9 Å². The van der Waals surface area contributed by atoms with Crippen molar-refractivity contribution in [2.24, 2.45) is 16.7 Å². The van der Waals surface area contributed by atoms with Crippen LogP contribution in [0.2, 0.25) is 0 Å². The van der Waals surface area contributed by atoms with Crippen molar-refractivity contribution in [1.29, 1.82) is 0 Å². The van der Waals surface area contributed by atoms with Gasteiger partial charge in [0, 0.05) is 43.1 Å². The Labute approximate surface area is 182 Å². The van der Waals surface area contributed by atoms with Crippen LogP contribution in [0.15, 0.2) is 12.7 Å². The molecule has 0 unspecified atom stereocenters. The van der Waals surface area contributed by atoms with E-state index in [1.54, 1.807) is 18.0 Å². The third-order valence-electron chi connectivity index (χ3n) is 7.38. The number of hydrogen-bond acceptors (Lipinski definition) is 6. The molecule has 2 aliphatic rings.